The first kappa shape index (κ1) is 12.6. The van der Waals surface area contributed by atoms with Crippen molar-refractivity contribution in [2.45, 2.75) is 6.42 Å². The van der Waals surface area contributed by atoms with Gasteiger partial charge in [-0.3, -0.25) is 0 Å². The number of nitrogen functional groups attached to an aromatic ring is 1. The summed E-state index contributed by atoms with van der Waals surface area (Å²) >= 11 is 5.94. The standard InChI is InChI=1S/C14H11ClN4O/c15-10-4-1-3-9(7-10)8-13-18-14(20-19-13)11-5-2-6-12(16)17-11/h1-7H,8H2,(H2,16,17). The second kappa shape index (κ2) is 5.30. The fourth-order valence-corrected chi connectivity index (χ4v) is 2.04. The van der Waals surface area contributed by atoms with Crippen molar-refractivity contribution in [2.24, 2.45) is 0 Å². The second-order valence-corrected chi connectivity index (χ2v) is 4.71. The minimum atomic E-state index is 0.356. The molecule has 0 aliphatic carbocycles. The molecule has 0 unspecified atom stereocenters. The molecule has 2 heterocycles. The van der Waals surface area contributed by atoms with Crippen LogP contribution in [0.25, 0.3) is 11.6 Å². The summed E-state index contributed by atoms with van der Waals surface area (Å²) in [7, 11) is 0. The van der Waals surface area contributed by atoms with E-state index in [2.05, 4.69) is 15.1 Å². The molecule has 20 heavy (non-hydrogen) atoms. The zero-order chi connectivity index (χ0) is 13.9. The van der Waals surface area contributed by atoms with E-state index >= 15 is 0 Å². The Bertz CT molecular complexity index is 741. The van der Waals surface area contributed by atoms with E-state index in [4.69, 9.17) is 21.9 Å². The first-order chi connectivity index (χ1) is 9.70. The van der Waals surface area contributed by atoms with Gasteiger partial charge in [0.1, 0.15) is 11.5 Å². The van der Waals surface area contributed by atoms with Gasteiger partial charge in [0.05, 0.1) is 0 Å². The van der Waals surface area contributed by atoms with Crippen LogP contribution in [-0.2, 0) is 6.42 Å². The van der Waals surface area contributed by atoms with E-state index < -0.39 is 0 Å². The van der Waals surface area contributed by atoms with Gasteiger partial charge in [-0.15, -0.1) is 0 Å². The number of hydrogen-bond acceptors (Lipinski definition) is 5. The zero-order valence-electron chi connectivity index (χ0n) is 10.5. The first-order valence-electron chi connectivity index (χ1n) is 6.00. The summed E-state index contributed by atoms with van der Waals surface area (Å²) < 4.78 is 5.20. The Kier molecular flexibility index (Phi) is 3.35. The molecule has 0 saturated carbocycles. The minimum absolute atomic E-state index is 0.356. The maximum atomic E-state index is 5.94. The molecule has 0 atom stereocenters. The predicted octanol–water partition coefficient (Wildman–Crippen LogP) is 2.96. The summed E-state index contributed by atoms with van der Waals surface area (Å²) in [6.45, 7) is 0. The molecule has 3 aromatic rings. The van der Waals surface area contributed by atoms with Crippen molar-refractivity contribution in [3.63, 3.8) is 0 Å². The van der Waals surface area contributed by atoms with Gasteiger partial charge >= 0.3 is 0 Å². The van der Waals surface area contributed by atoms with E-state index in [1.807, 2.05) is 24.3 Å². The van der Waals surface area contributed by atoms with Gasteiger partial charge in [0, 0.05) is 11.4 Å². The summed E-state index contributed by atoms with van der Waals surface area (Å²) in [5.74, 6) is 1.35. The van der Waals surface area contributed by atoms with E-state index in [1.165, 1.54) is 0 Å². The highest BCUT2D eigenvalue weighted by molar-refractivity contribution is 6.30. The predicted molar refractivity (Wildman–Crippen MR) is 76.2 cm³/mol. The van der Waals surface area contributed by atoms with Crippen LogP contribution in [-0.4, -0.2) is 15.1 Å². The Morgan fingerprint density at radius 2 is 1.95 bits per heavy atom. The number of benzene rings is 1. The van der Waals surface area contributed by atoms with Crippen molar-refractivity contribution in [2.75, 3.05) is 5.73 Å². The molecular weight excluding hydrogens is 276 g/mol. The second-order valence-electron chi connectivity index (χ2n) is 4.27. The third kappa shape index (κ3) is 2.78. The molecule has 0 aliphatic heterocycles. The van der Waals surface area contributed by atoms with Crippen LogP contribution in [0.2, 0.25) is 5.02 Å². The molecule has 0 amide bonds. The Morgan fingerprint density at radius 3 is 2.75 bits per heavy atom. The largest absolute Gasteiger partial charge is 0.384 e. The van der Waals surface area contributed by atoms with Crippen LogP contribution >= 0.6 is 11.6 Å². The molecule has 1 aromatic carbocycles. The van der Waals surface area contributed by atoms with Gasteiger partial charge in [-0.2, -0.15) is 4.98 Å². The lowest BCUT2D eigenvalue weighted by molar-refractivity contribution is 0.422. The number of rotatable bonds is 3. The molecule has 0 aliphatic rings. The van der Waals surface area contributed by atoms with Crippen LogP contribution < -0.4 is 5.73 Å². The SMILES string of the molecule is Nc1cccc(-c2nc(Cc3cccc(Cl)c3)no2)n1. The molecule has 2 aromatic heterocycles. The highest BCUT2D eigenvalue weighted by atomic mass is 35.5. The van der Waals surface area contributed by atoms with E-state index in [1.54, 1.807) is 18.2 Å². The molecule has 2 N–H and O–H groups in total. The van der Waals surface area contributed by atoms with E-state index in [0.717, 1.165) is 5.56 Å². The van der Waals surface area contributed by atoms with Crippen LogP contribution in [0.3, 0.4) is 0 Å². The van der Waals surface area contributed by atoms with Gasteiger partial charge in [0.15, 0.2) is 5.82 Å². The molecular formula is C14H11ClN4O. The van der Waals surface area contributed by atoms with Crippen molar-refractivity contribution >= 4 is 17.4 Å². The Hall–Kier alpha value is -2.40. The monoisotopic (exact) mass is 286 g/mol. The number of hydrogen-bond donors (Lipinski definition) is 1. The number of nitrogens with zero attached hydrogens (tertiary/aromatic N) is 3. The van der Waals surface area contributed by atoms with Crippen molar-refractivity contribution < 1.29 is 4.52 Å². The highest BCUT2D eigenvalue weighted by Gasteiger charge is 2.10. The van der Waals surface area contributed by atoms with Gasteiger partial charge < -0.3 is 10.3 Å². The summed E-state index contributed by atoms with van der Waals surface area (Å²) in [4.78, 5) is 8.45. The van der Waals surface area contributed by atoms with Crippen molar-refractivity contribution in [1.82, 2.24) is 15.1 Å². The van der Waals surface area contributed by atoms with E-state index in [-0.39, 0.29) is 0 Å². The van der Waals surface area contributed by atoms with Crippen molar-refractivity contribution in [3.05, 3.63) is 58.9 Å². The van der Waals surface area contributed by atoms with Crippen molar-refractivity contribution in [3.8, 4) is 11.6 Å². The van der Waals surface area contributed by atoms with Gasteiger partial charge in [0.2, 0.25) is 0 Å². The molecule has 0 radical (unpaired) electrons. The molecule has 0 saturated heterocycles. The highest BCUT2D eigenvalue weighted by Crippen LogP contribution is 2.18. The molecule has 0 spiro atoms. The maximum absolute atomic E-state index is 5.94. The number of halogens is 1. The normalized spacial score (nSPS) is 10.7. The third-order valence-electron chi connectivity index (χ3n) is 2.71. The molecule has 6 heteroatoms. The molecule has 5 nitrogen and oxygen atoms in total. The van der Waals surface area contributed by atoms with Gasteiger partial charge in [0.25, 0.3) is 5.89 Å². The molecule has 3 rings (SSSR count). The van der Waals surface area contributed by atoms with Crippen molar-refractivity contribution in [1.29, 1.82) is 0 Å². The van der Waals surface area contributed by atoms with Crippen LogP contribution in [0.5, 0.6) is 0 Å². The third-order valence-corrected chi connectivity index (χ3v) is 2.94. The Balaban J connectivity index is 1.84. The zero-order valence-corrected chi connectivity index (χ0v) is 11.2. The molecule has 100 valence electrons. The van der Waals surface area contributed by atoms with E-state index in [0.29, 0.717) is 34.7 Å². The van der Waals surface area contributed by atoms with Crippen LogP contribution in [0.15, 0.2) is 47.0 Å². The summed E-state index contributed by atoms with van der Waals surface area (Å²) in [6, 6.07) is 12.8. The summed E-state index contributed by atoms with van der Waals surface area (Å²) in [5.41, 5.74) is 7.21. The first-order valence-corrected chi connectivity index (χ1v) is 6.38. The Morgan fingerprint density at radius 1 is 1.10 bits per heavy atom. The maximum Gasteiger partial charge on any atom is 0.276 e. The molecule has 0 fully saturated rings. The Labute approximate surface area is 120 Å². The average Bonchev–Trinajstić information content (AvgIpc) is 2.87. The number of pyridine rings is 1. The summed E-state index contributed by atoms with van der Waals surface area (Å²) in [5, 5.41) is 4.62. The minimum Gasteiger partial charge on any atom is -0.384 e. The smallest absolute Gasteiger partial charge is 0.276 e. The van der Waals surface area contributed by atoms with E-state index in [9.17, 15) is 0 Å². The fraction of sp³-hybridized carbons (Fsp3) is 0.0714. The van der Waals surface area contributed by atoms with Gasteiger partial charge in [-0.25, -0.2) is 4.98 Å². The fourth-order valence-electron chi connectivity index (χ4n) is 1.83. The van der Waals surface area contributed by atoms with Crippen LogP contribution in [0.1, 0.15) is 11.4 Å². The quantitative estimate of drug-likeness (QED) is 0.801. The van der Waals surface area contributed by atoms with Gasteiger partial charge in [-0.05, 0) is 29.8 Å². The summed E-state index contributed by atoms with van der Waals surface area (Å²) in [6.07, 6.45) is 0.548. The van der Waals surface area contributed by atoms with Crippen LogP contribution in [0, 0.1) is 0 Å². The average molecular weight is 287 g/mol. The lowest BCUT2D eigenvalue weighted by Crippen LogP contribution is -1.93. The molecule has 0 bridgehead atoms. The lowest BCUT2D eigenvalue weighted by Gasteiger charge is -1.97. The number of anilines is 1. The lowest BCUT2D eigenvalue weighted by atomic mass is 10.1. The number of aromatic nitrogens is 3. The number of nitrogens with two attached hydrogens (primary N) is 1. The topological polar surface area (TPSA) is 77.8 Å². The van der Waals surface area contributed by atoms with Gasteiger partial charge in [-0.1, -0.05) is 35.0 Å². The van der Waals surface area contributed by atoms with Crippen LogP contribution in [0.4, 0.5) is 5.82 Å².